The van der Waals surface area contributed by atoms with Gasteiger partial charge >= 0.3 is 0 Å². The molecule has 0 saturated heterocycles. The van der Waals surface area contributed by atoms with Crippen molar-refractivity contribution in [1.29, 1.82) is 0 Å². The lowest BCUT2D eigenvalue weighted by Crippen LogP contribution is -2.19. The lowest BCUT2D eigenvalue weighted by Gasteiger charge is -2.09. The normalized spacial score (nSPS) is 11.3. The second-order valence-electron chi connectivity index (χ2n) is 7.98. The summed E-state index contributed by atoms with van der Waals surface area (Å²) >= 11 is 0. The van der Waals surface area contributed by atoms with Crippen molar-refractivity contribution in [3.05, 3.63) is 83.0 Å². The van der Waals surface area contributed by atoms with Crippen LogP contribution in [0.25, 0.3) is 27.5 Å². The minimum atomic E-state index is -0.372. The van der Waals surface area contributed by atoms with Gasteiger partial charge in [-0.05, 0) is 24.6 Å². The predicted octanol–water partition coefficient (Wildman–Crippen LogP) is 4.05. The molecule has 3 aromatic heterocycles. The molecule has 8 nitrogen and oxygen atoms in total. The molecule has 33 heavy (non-hydrogen) atoms. The fourth-order valence-corrected chi connectivity index (χ4v) is 4.22. The van der Waals surface area contributed by atoms with Crippen molar-refractivity contribution in [3.63, 3.8) is 0 Å². The Labute approximate surface area is 189 Å². The first-order valence-corrected chi connectivity index (χ1v) is 10.7. The van der Waals surface area contributed by atoms with Crippen LogP contribution in [0.4, 0.5) is 5.69 Å². The van der Waals surface area contributed by atoms with E-state index in [-0.39, 0.29) is 17.2 Å². The Morgan fingerprint density at radius 1 is 1.12 bits per heavy atom. The van der Waals surface area contributed by atoms with Crippen LogP contribution in [-0.2, 0) is 13.6 Å². The summed E-state index contributed by atoms with van der Waals surface area (Å²) in [4.78, 5) is 26.9. The second kappa shape index (κ2) is 7.98. The molecular formula is C25H23N5O3. The van der Waals surface area contributed by atoms with Gasteiger partial charge in [-0.15, -0.1) is 0 Å². The molecule has 5 aromatic rings. The van der Waals surface area contributed by atoms with Gasteiger partial charge in [0.1, 0.15) is 11.3 Å². The number of hydrogen-bond donors (Lipinski definition) is 2. The molecule has 2 N–H and O–H groups in total. The number of hydrogen-bond acceptors (Lipinski definition) is 4. The number of aromatic nitrogens is 4. The van der Waals surface area contributed by atoms with Crippen LogP contribution in [0.2, 0.25) is 0 Å². The average Bonchev–Trinajstić information content (AvgIpc) is 3.43. The number of aromatic hydroxyl groups is 1. The van der Waals surface area contributed by atoms with E-state index in [9.17, 15) is 14.7 Å². The third kappa shape index (κ3) is 3.45. The number of phenols is 1. The Morgan fingerprint density at radius 3 is 2.73 bits per heavy atom. The number of rotatable bonds is 5. The van der Waals surface area contributed by atoms with Crippen molar-refractivity contribution < 1.29 is 9.90 Å². The molecule has 0 radical (unpaired) electrons. The smallest absolute Gasteiger partial charge is 0.275 e. The van der Waals surface area contributed by atoms with Crippen molar-refractivity contribution >= 4 is 33.4 Å². The number of amides is 1. The Kier molecular flexibility index (Phi) is 4.97. The van der Waals surface area contributed by atoms with Gasteiger partial charge in [-0.25, -0.2) is 0 Å². The molecule has 0 atom stereocenters. The highest BCUT2D eigenvalue weighted by atomic mass is 16.3. The van der Waals surface area contributed by atoms with E-state index in [1.807, 2.05) is 35.1 Å². The maximum Gasteiger partial charge on any atom is 0.275 e. The van der Waals surface area contributed by atoms with E-state index >= 15 is 0 Å². The van der Waals surface area contributed by atoms with Crippen LogP contribution < -0.4 is 10.9 Å². The first-order valence-electron chi connectivity index (χ1n) is 10.7. The number of carbonyl (C=O) groups excluding carboxylic acids is 1. The van der Waals surface area contributed by atoms with Crippen molar-refractivity contribution in [2.24, 2.45) is 7.05 Å². The SMILES string of the molecule is CCCn1cc(-n2cc(C(=O)Nc3cccc(O)c3)c3c4ccccc4n(C)c(=O)c32)cn1. The van der Waals surface area contributed by atoms with Gasteiger partial charge in [-0.1, -0.05) is 31.2 Å². The largest absolute Gasteiger partial charge is 0.508 e. The molecule has 0 aliphatic rings. The van der Waals surface area contributed by atoms with Gasteiger partial charge in [0, 0.05) is 48.5 Å². The van der Waals surface area contributed by atoms with E-state index in [2.05, 4.69) is 17.3 Å². The van der Waals surface area contributed by atoms with Gasteiger partial charge in [-0.3, -0.25) is 14.3 Å². The predicted molar refractivity (Wildman–Crippen MR) is 128 cm³/mol. The molecule has 0 bridgehead atoms. The number of anilines is 1. The van der Waals surface area contributed by atoms with Crippen LogP contribution in [0, 0.1) is 0 Å². The van der Waals surface area contributed by atoms with Crippen LogP contribution in [0.1, 0.15) is 23.7 Å². The number of aryl methyl sites for hydroxylation is 2. The van der Waals surface area contributed by atoms with E-state index in [0.29, 0.717) is 27.8 Å². The van der Waals surface area contributed by atoms with Gasteiger partial charge in [0.05, 0.1) is 23.0 Å². The zero-order valence-electron chi connectivity index (χ0n) is 18.3. The van der Waals surface area contributed by atoms with Crippen LogP contribution in [0.5, 0.6) is 5.75 Å². The van der Waals surface area contributed by atoms with E-state index in [4.69, 9.17) is 0 Å². The van der Waals surface area contributed by atoms with Crippen LogP contribution in [0.15, 0.2) is 71.9 Å². The first-order chi connectivity index (χ1) is 16.0. The zero-order chi connectivity index (χ0) is 23.1. The van der Waals surface area contributed by atoms with Gasteiger partial charge < -0.3 is 19.6 Å². The highest BCUT2D eigenvalue weighted by Crippen LogP contribution is 2.30. The third-order valence-electron chi connectivity index (χ3n) is 5.75. The van der Waals surface area contributed by atoms with E-state index in [0.717, 1.165) is 23.9 Å². The molecule has 1 amide bonds. The molecule has 2 aromatic carbocycles. The number of nitrogens with one attached hydrogen (secondary N) is 1. The summed E-state index contributed by atoms with van der Waals surface area (Å²) < 4.78 is 5.15. The molecule has 0 aliphatic carbocycles. The molecule has 0 unspecified atom stereocenters. The number of phenolic OH excluding ortho intramolecular Hbond substituents is 1. The minimum absolute atomic E-state index is 0.0536. The maximum absolute atomic E-state index is 13.5. The molecule has 166 valence electrons. The van der Waals surface area contributed by atoms with Crippen LogP contribution in [-0.4, -0.2) is 29.9 Å². The molecule has 3 heterocycles. The van der Waals surface area contributed by atoms with E-state index in [1.165, 1.54) is 12.1 Å². The molecule has 5 rings (SSSR count). The number of para-hydroxylation sites is 1. The Morgan fingerprint density at radius 2 is 1.94 bits per heavy atom. The van der Waals surface area contributed by atoms with Gasteiger partial charge in [-0.2, -0.15) is 5.10 Å². The highest BCUT2D eigenvalue weighted by Gasteiger charge is 2.23. The van der Waals surface area contributed by atoms with Crippen molar-refractivity contribution in [2.45, 2.75) is 19.9 Å². The summed E-state index contributed by atoms with van der Waals surface area (Å²) in [5.74, 6) is -0.318. The Hall–Kier alpha value is -4.33. The minimum Gasteiger partial charge on any atom is -0.508 e. The van der Waals surface area contributed by atoms with Crippen molar-refractivity contribution in [3.8, 4) is 11.4 Å². The van der Waals surface area contributed by atoms with Crippen LogP contribution in [0.3, 0.4) is 0 Å². The summed E-state index contributed by atoms with van der Waals surface area (Å²) in [6, 6.07) is 13.9. The summed E-state index contributed by atoms with van der Waals surface area (Å²) in [5, 5.41) is 18.4. The van der Waals surface area contributed by atoms with Gasteiger partial charge in [0.15, 0.2) is 0 Å². The quantitative estimate of drug-likeness (QED) is 0.430. The number of pyridine rings is 1. The van der Waals surface area contributed by atoms with Gasteiger partial charge in [0.2, 0.25) is 0 Å². The van der Waals surface area contributed by atoms with E-state index in [1.54, 1.807) is 40.7 Å². The molecule has 0 saturated carbocycles. The zero-order valence-corrected chi connectivity index (χ0v) is 18.3. The number of fused-ring (bicyclic) bond motifs is 3. The summed E-state index contributed by atoms with van der Waals surface area (Å²) in [5.41, 5.74) is 2.48. The van der Waals surface area contributed by atoms with Crippen LogP contribution >= 0.6 is 0 Å². The monoisotopic (exact) mass is 441 g/mol. The third-order valence-corrected chi connectivity index (χ3v) is 5.75. The van der Waals surface area contributed by atoms with Gasteiger partial charge in [0.25, 0.3) is 11.5 Å². The summed E-state index contributed by atoms with van der Waals surface area (Å²) in [6.07, 6.45) is 6.18. The standard InChI is InChI=1S/C25H23N5O3/c1-3-11-29-14-17(13-26-29)30-15-20(24(32)27-16-7-6-8-18(31)12-16)22-19-9-4-5-10-21(19)28(2)25(33)23(22)30/h4-10,12-15,31H,3,11H2,1-2H3,(H,27,32). The second-order valence-corrected chi connectivity index (χ2v) is 7.98. The Balaban J connectivity index is 1.78. The molecule has 8 heteroatoms. The van der Waals surface area contributed by atoms with E-state index < -0.39 is 0 Å². The number of carbonyl (C=O) groups is 1. The first kappa shape index (κ1) is 20.6. The number of benzene rings is 2. The lowest BCUT2D eigenvalue weighted by molar-refractivity contribution is 0.102. The average molecular weight is 441 g/mol. The summed E-state index contributed by atoms with van der Waals surface area (Å²) in [7, 11) is 1.73. The Bertz CT molecular complexity index is 1570. The lowest BCUT2D eigenvalue weighted by atomic mass is 10.1. The summed E-state index contributed by atoms with van der Waals surface area (Å²) in [6.45, 7) is 2.82. The molecule has 0 aliphatic heterocycles. The fourth-order valence-electron chi connectivity index (χ4n) is 4.22. The molecule has 0 fully saturated rings. The molecular weight excluding hydrogens is 418 g/mol. The number of nitrogens with zero attached hydrogens (tertiary/aromatic N) is 4. The topological polar surface area (TPSA) is 94.1 Å². The highest BCUT2D eigenvalue weighted by molar-refractivity contribution is 6.20. The maximum atomic E-state index is 13.5. The van der Waals surface area contributed by atoms with Crippen molar-refractivity contribution in [1.82, 2.24) is 18.9 Å². The fraction of sp³-hybridized carbons (Fsp3) is 0.160. The van der Waals surface area contributed by atoms with Crippen molar-refractivity contribution in [2.75, 3.05) is 5.32 Å². The molecule has 0 spiro atoms.